The van der Waals surface area contributed by atoms with Crippen molar-refractivity contribution in [3.8, 4) is 0 Å². The van der Waals surface area contributed by atoms with Gasteiger partial charge < -0.3 is 5.32 Å². The minimum atomic E-state index is 0.841. The van der Waals surface area contributed by atoms with Gasteiger partial charge in [0.25, 0.3) is 0 Å². The zero-order valence-corrected chi connectivity index (χ0v) is 14.6. The molecule has 0 atom stereocenters. The topological polar surface area (TPSA) is 37.8 Å². The molecule has 0 amide bonds. The number of benzene rings is 1. The van der Waals surface area contributed by atoms with Crippen molar-refractivity contribution in [1.29, 1.82) is 0 Å². The van der Waals surface area contributed by atoms with Crippen LogP contribution in [-0.4, -0.2) is 9.97 Å². The second kappa shape index (κ2) is 5.69. The molecule has 0 spiro atoms. The molecule has 3 aromatic rings. The van der Waals surface area contributed by atoms with Crippen LogP contribution in [0.3, 0.4) is 0 Å². The third-order valence-corrected chi connectivity index (χ3v) is 5.13. The first-order valence-electron chi connectivity index (χ1n) is 7.60. The van der Waals surface area contributed by atoms with Crippen LogP contribution in [0.25, 0.3) is 10.2 Å². The van der Waals surface area contributed by atoms with Crippen LogP contribution in [0.4, 0.5) is 11.5 Å². The van der Waals surface area contributed by atoms with Gasteiger partial charge in [-0.1, -0.05) is 24.6 Å². The molecule has 4 heteroatoms. The van der Waals surface area contributed by atoms with Crippen LogP contribution in [-0.2, 0) is 6.42 Å². The number of hydrogen-bond donors (Lipinski definition) is 1. The predicted molar refractivity (Wildman–Crippen MR) is 95.5 cm³/mol. The van der Waals surface area contributed by atoms with Gasteiger partial charge in [0, 0.05) is 17.0 Å². The van der Waals surface area contributed by atoms with Crippen LogP contribution in [0, 0.1) is 27.7 Å². The molecule has 0 saturated heterocycles. The third-order valence-electron chi connectivity index (χ3n) is 4.03. The zero-order chi connectivity index (χ0) is 15.9. The first kappa shape index (κ1) is 15.0. The lowest BCUT2D eigenvalue weighted by atomic mass is 10.1. The lowest BCUT2D eigenvalue weighted by Gasteiger charge is -2.12. The van der Waals surface area contributed by atoms with Crippen LogP contribution in [0.2, 0.25) is 0 Å². The first-order valence-corrected chi connectivity index (χ1v) is 8.42. The number of rotatable bonds is 3. The summed E-state index contributed by atoms with van der Waals surface area (Å²) in [7, 11) is 0. The molecule has 0 bridgehead atoms. The van der Waals surface area contributed by atoms with E-state index < -0.39 is 0 Å². The van der Waals surface area contributed by atoms with E-state index in [9.17, 15) is 0 Å². The van der Waals surface area contributed by atoms with Gasteiger partial charge in [-0.15, -0.1) is 11.3 Å². The molecule has 0 saturated carbocycles. The Bertz CT molecular complexity index is 849. The van der Waals surface area contributed by atoms with Crippen LogP contribution in [0.15, 0.2) is 18.2 Å². The fourth-order valence-corrected chi connectivity index (χ4v) is 3.67. The Morgan fingerprint density at radius 1 is 1.09 bits per heavy atom. The second-order valence-corrected chi connectivity index (χ2v) is 6.95. The molecule has 0 aliphatic heterocycles. The van der Waals surface area contributed by atoms with E-state index in [0.29, 0.717) is 0 Å². The van der Waals surface area contributed by atoms with Gasteiger partial charge in [-0.25, -0.2) is 9.97 Å². The fraction of sp³-hybridized carbons (Fsp3) is 0.333. The van der Waals surface area contributed by atoms with E-state index in [0.717, 1.165) is 34.0 Å². The molecule has 3 nitrogen and oxygen atoms in total. The lowest BCUT2D eigenvalue weighted by Crippen LogP contribution is -2.01. The quantitative estimate of drug-likeness (QED) is 0.719. The highest BCUT2D eigenvalue weighted by atomic mass is 32.1. The van der Waals surface area contributed by atoms with Gasteiger partial charge in [0.15, 0.2) is 0 Å². The largest absolute Gasteiger partial charge is 0.339 e. The molecule has 0 aliphatic rings. The second-order valence-electron chi connectivity index (χ2n) is 5.75. The average Bonchev–Trinajstić information content (AvgIpc) is 2.77. The van der Waals surface area contributed by atoms with Crippen LogP contribution in [0.1, 0.15) is 34.3 Å². The highest BCUT2D eigenvalue weighted by Crippen LogP contribution is 2.35. The summed E-state index contributed by atoms with van der Waals surface area (Å²) in [4.78, 5) is 11.8. The number of thiophene rings is 1. The Kier molecular flexibility index (Phi) is 3.87. The average molecular weight is 311 g/mol. The Balaban J connectivity index is 2.16. The number of nitrogens with one attached hydrogen (secondary N) is 1. The number of fused-ring (bicyclic) bond motifs is 1. The minimum absolute atomic E-state index is 0.841. The molecule has 0 radical (unpaired) electrons. The Morgan fingerprint density at radius 3 is 2.55 bits per heavy atom. The summed E-state index contributed by atoms with van der Waals surface area (Å²) < 4.78 is 0. The summed E-state index contributed by atoms with van der Waals surface area (Å²) in [5.41, 5.74) is 4.88. The summed E-state index contributed by atoms with van der Waals surface area (Å²) in [6.07, 6.45) is 0.841. The molecular weight excluding hydrogens is 290 g/mol. The Hall–Kier alpha value is -1.94. The van der Waals surface area contributed by atoms with Gasteiger partial charge in [0.2, 0.25) is 0 Å². The normalized spacial score (nSPS) is 11.1. The molecule has 2 aromatic heterocycles. The number of anilines is 2. The Labute approximate surface area is 135 Å². The van der Waals surface area contributed by atoms with Gasteiger partial charge in [0.05, 0.1) is 5.39 Å². The molecule has 1 aromatic carbocycles. The van der Waals surface area contributed by atoms with Crippen LogP contribution >= 0.6 is 11.3 Å². The fourth-order valence-electron chi connectivity index (χ4n) is 2.62. The third kappa shape index (κ3) is 2.59. The van der Waals surface area contributed by atoms with Crippen molar-refractivity contribution >= 4 is 33.1 Å². The molecule has 0 aliphatic carbocycles. The van der Waals surface area contributed by atoms with Crippen molar-refractivity contribution < 1.29 is 0 Å². The van der Waals surface area contributed by atoms with E-state index in [4.69, 9.17) is 4.98 Å². The molecular formula is C18H21N3S. The first-order chi connectivity index (χ1) is 10.5. The van der Waals surface area contributed by atoms with E-state index in [2.05, 4.69) is 63.1 Å². The monoisotopic (exact) mass is 311 g/mol. The predicted octanol–water partition coefficient (Wildman–Crippen LogP) is 5.23. The summed E-state index contributed by atoms with van der Waals surface area (Å²) in [6, 6.07) is 6.44. The van der Waals surface area contributed by atoms with Crippen molar-refractivity contribution in [2.75, 3.05) is 5.32 Å². The van der Waals surface area contributed by atoms with E-state index >= 15 is 0 Å². The highest BCUT2D eigenvalue weighted by Gasteiger charge is 2.14. The summed E-state index contributed by atoms with van der Waals surface area (Å²) in [5, 5.41) is 4.68. The summed E-state index contributed by atoms with van der Waals surface area (Å²) in [6.45, 7) is 10.6. The number of nitrogens with zero attached hydrogens (tertiary/aromatic N) is 2. The van der Waals surface area contributed by atoms with Crippen molar-refractivity contribution in [2.45, 2.75) is 41.0 Å². The molecule has 0 unspecified atom stereocenters. The van der Waals surface area contributed by atoms with Crippen molar-refractivity contribution in [3.05, 3.63) is 45.6 Å². The van der Waals surface area contributed by atoms with E-state index in [1.165, 1.54) is 21.6 Å². The summed E-state index contributed by atoms with van der Waals surface area (Å²) >= 11 is 1.75. The minimum Gasteiger partial charge on any atom is -0.339 e. The number of hydrogen-bond acceptors (Lipinski definition) is 4. The van der Waals surface area contributed by atoms with E-state index in [1.807, 2.05) is 0 Å². The highest BCUT2D eigenvalue weighted by molar-refractivity contribution is 7.18. The van der Waals surface area contributed by atoms with Crippen LogP contribution < -0.4 is 5.32 Å². The van der Waals surface area contributed by atoms with E-state index in [-0.39, 0.29) is 0 Å². The van der Waals surface area contributed by atoms with Gasteiger partial charge in [-0.05, 0) is 44.9 Å². The van der Waals surface area contributed by atoms with Gasteiger partial charge in [-0.2, -0.15) is 0 Å². The number of aromatic nitrogens is 2. The molecule has 114 valence electrons. The summed E-state index contributed by atoms with van der Waals surface area (Å²) in [5.74, 6) is 1.82. The van der Waals surface area contributed by atoms with Crippen molar-refractivity contribution in [1.82, 2.24) is 9.97 Å². The SMILES string of the molecule is CCc1nc(Nc2ccc(C)cc2C)c2c(C)c(C)sc2n1. The van der Waals surface area contributed by atoms with Crippen molar-refractivity contribution in [3.63, 3.8) is 0 Å². The smallest absolute Gasteiger partial charge is 0.143 e. The van der Waals surface area contributed by atoms with E-state index in [1.54, 1.807) is 11.3 Å². The molecule has 2 heterocycles. The zero-order valence-electron chi connectivity index (χ0n) is 13.7. The van der Waals surface area contributed by atoms with Gasteiger partial charge >= 0.3 is 0 Å². The maximum atomic E-state index is 4.74. The van der Waals surface area contributed by atoms with Crippen LogP contribution in [0.5, 0.6) is 0 Å². The van der Waals surface area contributed by atoms with Gasteiger partial charge in [-0.3, -0.25) is 0 Å². The maximum absolute atomic E-state index is 4.74. The van der Waals surface area contributed by atoms with Crippen molar-refractivity contribution in [2.24, 2.45) is 0 Å². The molecule has 3 rings (SSSR count). The maximum Gasteiger partial charge on any atom is 0.143 e. The molecule has 22 heavy (non-hydrogen) atoms. The molecule has 1 N–H and O–H groups in total. The molecule has 0 fully saturated rings. The number of aryl methyl sites for hydroxylation is 5. The van der Waals surface area contributed by atoms with Gasteiger partial charge in [0.1, 0.15) is 16.5 Å². The lowest BCUT2D eigenvalue weighted by molar-refractivity contribution is 0.966. The Morgan fingerprint density at radius 2 is 1.86 bits per heavy atom. The standard InChI is InChI=1S/C18H21N3S/c1-6-15-20-17(16-12(4)13(5)22-18(16)21-15)19-14-8-7-10(2)9-11(14)3/h7-9H,6H2,1-5H3,(H,19,20,21).